The summed E-state index contributed by atoms with van der Waals surface area (Å²) in [4.78, 5) is 13.9. The number of fused-ring (bicyclic) bond motifs is 1. The molecule has 0 bridgehead atoms. The van der Waals surface area contributed by atoms with Crippen LogP contribution in [0.3, 0.4) is 0 Å². The predicted octanol–water partition coefficient (Wildman–Crippen LogP) is 5.23. The Bertz CT molecular complexity index is 1450. The maximum atomic E-state index is 12.4. The lowest BCUT2D eigenvalue weighted by Crippen LogP contribution is -2.17. The molecule has 2 aromatic carbocycles. The highest BCUT2D eigenvalue weighted by Gasteiger charge is 2.21. The van der Waals surface area contributed by atoms with Gasteiger partial charge in [0.2, 0.25) is 0 Å². The van der Waals surface area contributed by atoms with Gasteiger partial charge in [-0.15, -0.1) is 0 Å². The number of aryl methyl sites for hydroxylation is 2. The van der Waals surface area contributed by atoms with Crippen LogP contribution >= 0.6 is 7.14 Å². The lowest BCUT2D eigenvalue weighted by Gasteiger charge is -2.13. The molecule has 9 heteroatoms. The summed E-state index contributed by atoms with van der Waals surface area (Å²) in [6.45, 7) is 8.90. The SMILES string of the molecule is Cc1cccc(C)c1C=Cn1cnc2c(Nc3ccc(P(C)(C)=O)cc3)nc(OC3CCOC3)nc21. The van der Waals surface area contributed by atoms with Crippen molar-refractivity contribution in [1.29, 1.82) is 0 Å². The fourth-order valence-corrected chi connectivity index (χ4v) is 5.05. The van der Waals surface area contributed by atoms with Crippen molar-refractivity contribution in [2.24, 2.45) is 0 Å². The quantitative estimate of drug-likeness (QED) is 0.345. The van der Waals surface area contributed by atoms with Gasteiger partial charge >= 0.3 is 6.01 Å². The van der Waals surface area contributed by atoms with E-state index in [0.717, 1.165) is 23.0 Å². The minimum Gasteiger partial charge on any atom is -0.457 e. The van der Waals surface area contributed by atoms with Crippen molar-refractivity contribution >= 4 is 47.4 Å². The van der Waals surface area contributed by atoms with Crippen molar-refractivity contribution in [3.05, 3.63) is 65.5 Å². The standard InChI is InChI=1S/C27H30N5O3P/c1-18-6-5-7-19(2)23(18)12-14-32-17-28-24-25(29-20-8-10-22(11-9-20)36(3,4)33)30-27(31-26(24)32)35-21-13-15-34-16-21/h5-12,14,17,21H,13,15-16H2,1-4H3,(H,29,30,31). The molecule has 1 saturated heterocycles. The Morgan fingerprint density at radius 2 is 1.86 bits per heavy atom. The van der Waals surface area contributed by atoms with Crippen molar-refractivity contribution < 1.29 is 14.0 Å². The smallest absolute Gasteiger partial charge is 0.320 e. The molecule has 1 atom stereocenters. The molecule has 5 rings (SSSR count). The minimum atomic E-state index is -2.33. The summed E-state index contributed by atoms with van der Waals surface area (Å²) in [5.41, 5.74) is 5.62. The first-order valence-electron chi connectivity index (χ1n) is 11.9. The van der Waals surface area contributed by atoms with Gasteiger partial charge in [-0.1, -0.05) is 18.2 Å². The molecule has 8 nitrogen and oxygen atoms in total. The monoisotopic (exact) mass is 503 g/mol. The molecule has 1 unspecified atom stereocenters. The van der Waals surface area contributed by atoms with E-state index in [1.807, 2.05) is 35.0 Å². The summed E-state index contributed by atoms with van der Waals surface area (Å²) in [7, 11) is -2.33. The van der Waals surface area contributed by atoms with Crippen molar-refractivity contribution in [3.63, 3.8) is 0 Å². The number of hydrogen-bond donors (Lipinski definition) is 1. The van der Waals surface area contributed by atoms with E-state index in [-0.39, 0.29) is 12.1 Å². The van der Waals surface area contributed by atoms with Gasteiger partial charge in [0.15, 0.2) is 17.0 Å². The Morgan fingerprint density at radius 3 is 2.53 bits per heavy atom. The van der Waals surface area contributed by atoms with E-state index in [9.17, 15) is 4.57 Å². The highest BCUT2D eigenvalue weighted by atomic mass is 31.2. The summed E-state index contributed by atoms with van der Waals surface area (Å²) >= 11 is 0. The van der Waals surface area contributed by atoms with E-state index in [0.29, 0.717) is 30.2 Å². The van der Waals surface area contributed by atoms with Gasteiger partial charge in [-0.2, -0.15) is 9.97 Å². The minimum absolute atomic E-state index is 0.0839. The number of nitrogens with zero attached hydrogens (tertiary/aromatic N) is 4. The van der Waals surface area contributed by atoms with Crippen LogP contribution < -0.4 is 15.4 Å². The molecule has 1 aliphatic rings. The van der Waals surface area contributed by atoms with Gasteiger partial charge < -0.3 is 19.4 Å². The van der Waals surface area contributed by atoms with Gasteiger partial charge in [0.1, 0.15) is 19.6 Å². The number of anilines is 2. The number of benzene rings is 2. The first kappa shape index (κ1) is 24.2. The molecular formula is C27H30N5O3P. The zero-order valence-corrected chi connectivity index (χ0v) is 21.8. The number of hydrogen-bond acceptors (Lipinski definition) is 7. The molecule has 0 spiro atoms. The second kappa shape index (κ2) is 9.88. The van der Waals surface area contributed by atoms with Crippen LogP contribution in [0, 0.1) is 13.8 Å². The fraction of sp³-hybridized carbons (Fsp3) is 0.296. The maximum absolute atomic E-state index is 12.4. The van der Waals surface area contributed by atoms with Crippen LogP contribution in [-0.2, 0) is 9.30 Å². The number of aromatic nitrogens is 4. The Hall–Kier alpha value is -3.48. The van der Waals surface area contributed by atoms with Gasteiger partial charge in [-0.25, -0.2) is 4.98 Å². The van der Waals surface area contributed by atoms with Crippen molar-refractivity contribution in [3.8, 4) is 6.01 Å². The Kier molecular flexibility index (Phi) is 6.65. The summed E-state index contributed by atoms with van der Waals surface area (Å²) in [6, 6.07) is 14.1. The van der Waals surface area contributed by atoms with Crippen LogP contribution in [0.4, 0.5) is 11.5 Å². The topological polar surface area (TPSA) is 91.2 Å². The van der Waals surface area contributed by atoms with Gasteiger partial charge in [0.05, 0.1) is 13.2 Å². The molecule has 1 fully saturated rings. The number of imidazole rings is 1. The molecule has 3 heterocycles. The molecule has 36 heavy (non-hydrogen) atoms. The van der Waals surface area contributed by atoms with Gasteiger partial charge in [0, 0.05) is 23.6 Å². The molecular weight excluding hydrogens is 473 g/mol. The van der Waals surface area contributed by atoms with E-state index < -0.39 is 7.14 Å². The third-order valence-electron chi connectivity index (χ3n) is 6.26. The predicted molar refractivity (Wildman–Crippen MR) is 145 cm³/mol. The Labute approximate surface area is 210 Å². The summed E-state index contributed by atoms with van der Waals surface area (Å²) in [6.07, 6.45) is 6.47. The van der Waals surface area contributed by atoms with Crippen molar-refractivity contribution in [1.82, 2.24) is 19.5 Å². The van der Waals surface area contributed by atoms with Crippen molar-refractivity contribution in [2.75, 3.05) is 31.9 Å². The summed E-state index contributed by atoms with van der Waals surface area (Å²) < 4.78 is 25.8. The zero-order chi connectivity index (χ0) is 25.3. The van der Waals surface area contributed by atoms with Crippen LogP contribution in [0.1, 0.15) is 23.1 Å². The molecule has 0 saturated carbocycles. The van der Waals surface area contributed by atoms with Crippen LogP contribution in [0.2, 0.25) is 0 Å². The van der Waals surface area contributed by atoms with Crippen LogP contribution in [0.25, 0.3) is 23.4 Å². The molecule has 186 valence electrons. The van der Waals surface area contributed by atoms with Crippen molar-refractivity contribution in [2.45, 2.75) is 26.4 Å². The van der Waals surface area contributed by atoms with Gasteiger partial charge in [-0.3, -0.25) is 4.57 Å². The van der Waals surface area contributed by atoms with E-state index in [1.165, 1.54) is 11.1 Å². The normalized spacial score (nSPS) is 16.2. The molecule has 2 aromatic heterocycles. The largest absolute Gasteiger partial charge is 0.457 e. The molecule has 1 N–H and O–H groups in total. The molecule has 4 aromatic rings. The van der Waals surface area contributed by atoms with Gasteiger partial charge in [0.25, 0.3) is 0 Å². The highest BCUT2D eigenvalue weighted by Crippen LogP contribution is 2.35. The molecule has 0 aliphatic carbocycles. The fourth-order valence-electron chi connectivity index (χ4n) is 4.19. The third-order valence-corrected chi connectivity index (χ3v) is 7.80. The Balaban J connectivity index is 1.53. The lowest BCUT2D eigenvalue weighted by atomic mass is 10.0. The highest BCUT2D eigenvalue weighted by molar-refractivity contribution is 7.70. The lowest BCUT2D eigenvalue weighted by molar-refractivity contribution is 0.134. The second-order valence-corrected chi connectivity index (χ2v) is 12.6. The second-order valence-electron chi connectivity index (χ2n) is 9.43. The molecule has 1 aliphatic heterocycles. The molecule has 0 amide bonds. The zero-order valence-electron chi connectivity index (χ0n) is 20.9. The van der Waals surface area contributed by atoms with Gasteiger partial charge in [-0.05, 0) is 74.2 Å². The van der Waals surface area contributed by atoms with E-state index >= 15 is 0 Å². The van der Waals surface area contributed by atoms with Crippen LogP contribution in [0.15, 0.2) is 48.8 Å². The van der Waals surface area contributed by atoms with Crippen LogP contribution in [0.5, 0.6) is 6.01 Å². The van der Waals surface area contributed by atoms with E-state index in [4.69, 9.17) is 9.47 Å². The van der Waals surface area contributed by atoms with Crippen LogP contribution in [-0.4, -0.2) is 52.2 Å². The number of ether oxygens (including phenoxy) is 2. The molecule has 0 radical (unpaired) electrons. The number of nitrogens with one attached hydrogen (secondary N) is 1. The Morgan fingerprint density at radius 1 is 1.11 bits per heavy atom. The average molecular weight is 504 g/mol. The number of rotatable bonds is 7. The third kappa shape index (κ3) is 5.20. The summed E-state index contributed by atoms with van der Waals surface area (Å²) in [5.74, 6) is 0.539. The first-order chi connectivity index (χ1) is 17.3. The van der Waals surface area contributed by atoms with E-state index in [1.54, 1.807) is 19.7 Å². The van der Waals surface area contributed by atoms with E-state index in [2.05, 4.69) is 58.4 Å². The first-order valence-corrected chi connectivity index (χ1v) is 14.5. The maximum Gasteiger partial charge on any atom is 0.320 e. The average Bonchev–Trinajstić information content (AvgIpc) is 3.49. The summed E-state index contributed by atoms with van der Waals surface area (Å²) in [5, 5.41) is 4.17.